The van der Waals surface area contributed by atoms with Gasteiger partial charge in [0, 0.05) is 51.4 Å². The SMILES string of the molecule is CO[C@@H]1CC(C[C@@H](C)[C@@H]2CC(=O)[C@H](C)/C=C(\C)[C@H](O)[C@@H](OC)C(=O)[C@H](C)C[C@H](C)/C=C/C=C/C=C(\C)[C@@H](O)C[C@@H]3CC[C@@H](C)[C@@](O)(O3)C(=O)C(=O)N3CCCCC3C(=O)O2)CC[C@H]1O. The Morgan fingerprint density at radius 3 is 2.27 bits per heavy atom. The Hall–Kier alpha value is -3.37. The number of fused-ring (bicyclic) bond motifs is 3. The molecule has 4 N–H and O–H groups in total. The van der Waals surface area contributed by atoms with Crippen LogP contribution >= 0.6 is 0 Å². The number of cyclic esters (lactones) is 1. The van der Waals surface area contributed by atoms with Crippen LogP contribution in [0.1, 0.15) is 126 Å². The van der Waals surface area contributed by atoms with Gasteiger partial charge in [-0.1, -0.05) is 71.1 Å². The highest BCUT2D eigenvalue weighted by Crippen LogP contribution is 2.37. The van der Waals surface area contributed by atoms with E-state index in [0.29, 0.717) is 68.9 Å². The number of nitrogens with zero attached hydrogens (tertiary/aromatic N) is 1. The van der Waals surface area contributed by atoms with Gasteiger partial charge in [0.15, 0.2) is 5.78 Å². The molecule has 0 aromatic heterocycles. The van der Waals surface area contributed by atoms with E-state index in [0.717, 1.165) is 4.90 Å². The Morgan fingerprint density at radius 2 is 1.58 bits per heavy atom. The smallest absolute Gasteiger partial charge is 0.329 e. The molecule has 64 heavy (non-hydrogen) atoms. The zero-order valence-electron chi connectivity index (χ0n) is 39.6. The molecule has 2 saturated heterocycles. The van der Waals surface area contributed by atoms with Crippen LogP contribution in [0, 0.1) is 35.5 Å². The first-order valence-electron chi connectivity index (χ1n) is 23.5. The fraction of sp³-hybridized carbons (Fsp3) is 0.740. The molecule has 4 rings (SSSR count). The first-order valence-corrected chi connectivity index (χ1v) is 23.5. The molecule has 4 aliphatic rings. The summed E-state index contributed by atoms with van der Waals surface area (Å²) in [6.07, 6.45) is 9.53. The van der Waals surface area contributed by atoms with Crippen molar-refractivity contribution in [2.24, 2.45) is 35.5 Å². The van der Waals surface area contributed by atoms with E-state index in [1.54, 1.807) is 60.0 Å². The largest absolute Gasteiger partial charge is 0.460 e. The molecule has 360 valence electrons. The van der Waals surface area contributed by atoms with E-state index in [2.05, 4.69) is 0 Å². The van der Waals surface area contributed by atoms with Gasteiger partial charge in [0.05, 0.1) is 24.4 Å². The highest BCUT2D eigenvalue weighted by atomic mass is 16.6. The minimum atomic E-state index is -2.48. The third kappa shape index (κ3) is 13.8. The van der Waals surface area contributed by atoms with Crippen molar-refractivity contribution in [3.05, 3.63) is 47.6 Å². The summed E-state index contributed by atoms with van der Waals surface area (Å²) in [6, 6.07) is -1.16. The summed E-state index contributed by atoms with van der Waals surface area (Å²) in [5, 5.41) is 44.8. The van der Waals surface area contributed by atoms with Crippen LogP contribution < -0.4 is 0 Å². The number of Topliss-reactive ketones (excluding diaryl/α,β-unsaturated/α-hetero) is 3. The molecular formula is C50H77NO13. The summed E-state index contributed by atoms with van der Waals surface area (Å²) in [5.74, 6) is -8.24. The second kappa shape index (κ2) is 24.4. The van der Waals surface area contributed by atoms with Gasteiger partial charge >= 0.3 is 5.97 Å². The second-order valence-electron chi connectivity index (χ2n) is 19.4. The fourth-order valence-electron chi connectivity index (χ4n) is 9.85. The van der Waals surface area contributed by atoms with Gasteiger partial charge in [-0.25, -0.2) is 4.79 Å². The Bertz CT molecular complexity index is 1740. The minimum absolute atomic E-state index is 0.00489. The normalized spacial score (nSPS) is 40.9. The number of methoxy groups -OCH3 is 2. The van der Waals surface area contributed by atoms with Crippen molar-refractivity contribution in [2.45, 2.75) is 180 Å². The maximum absolute atomic E-state index is 14.3. The number of hydrogen-bond donors (Lipinski definition) is 4. The van der Waals surface area contributed by atoms with Crippen molar-refractivity contribution in [1.29, 1.82) is 0 Å². The summed E-state index contributed by atoms with van der Waals surface area (Å²) >= 11 is 0. The van der Waals surface area contributed by atoms with Crippen LogP contribution in [0.15, 0.2) is 47.6 Å². The van der Waals surface area contributed by atoms with Crippen LogP contribution in [0.25, 0.3) is 0 Å². The first-order chi connectivity index (χ1) is 30.2. The maximum atomic E-state index is 14.3. The molecule has 3 heterocycles. The van der Waals surface area contributed by atoms with Crippen LogP contribution in [0.3, 0.4) is 0 Å². The molecule has 2 bridgehead atoms. The molecule has 1 amide bonds. The highest BCUT2D eigenvalue weighted by Gasteiger charge is 2.53. The molecule has 3 fully saturated rings. The number of amides is 1. The van der Waals surface area contributed by atoms with E-state index in [1.807, 2.05) is 32.1 Å². The molecule has 14 heteroatoms. The van der Waals surface area contributed by atoms with E-state index in [1.165, 1.54) is 7.11 Å². The van der Waals surface area contributed by atoms with E-state index in [4.69, 9.17) is 18.9 Å². The van der Waals surface area contributed by atoms with Gasteiger partial charge in [-0.3, -0.25) is 19.2 Å². The molecule has 14 nitrogen and oxygen atoms in total. The molecule has 0 aromatic carbocycles. The quantitative estimate of drug-likeness (QED) is 0.153. The predicted molar refractivity (Wildman–Crippen MR) is 240 cm³/mol. The number of aliphatic hydroxyl groups is 4. The monoisotopic (exact) mass is 900 g/mol. The molecule has 0 aromatic rings. The Balaban J connectivity index is 1.69. The van der Waals surface area contributed by atoms with E-state index in [-0.39, 0.29) is 61.2 Å². The van der Waals surface area contributed by atoms with Gasteiger partial charge in [0.25, 0.3) is 11.7 Å². The van der Waals surface area contributed by atoms with Crippen molar-refractivity contribution in [1.82, 2.24) is 4.90 Å². The molecule has 1 saturated carbocycles. The number of piperidine rings is 1. The molecule has 1 aliphatic carbocycles. The summed E-state index contributed by atoms with van der Waals surface area (Å²) < 4.78 is 23.3. The van der Waals surface area contributed by atoms with Crippen LogP contribution in [-0.4, -0.2) is 130 Å². The number of carbonyl (C=O) groups excluding carboxylic acids is 5. The number of aliphatic hydroxyl groups excluding tert-OH is 3. The predicted octanol–water partition coefficient (Wildman–Crippen LogP) is 5.53. The van der Waals surface area contributed by atoms with Gasteiger partial charge in [-0.2, -0.15) is 0 Å². The van der Waals surface area contributed by atoms with Gasteiger partial charge < -0.3 is 44.3 Å². The lowest BCUT2D eigenvalue weighted by molar-refractivity contribution is -0.265. The van der Waals surface area contributed by atoms with Crippen LogP contribution in [0.5, 0.6) is 0 Å². The van der Waals surface area contributed by atoms with Crippen LogP contribution in [0.2, 0.25) is 0 Å². The minimum Gasteiger partial charge on any atom is -0.460 e. The van der Waals surface area contributed by atoms with Crippen molar-refractivity contribution < 1.29 is 63.3 Å². The topological polar surface area (TPSA) is 206 Å². The second-order valence-corrected chi connectivity index (χ2v) is 19.4. The number of esters is 1. The zero-order valence-corrected chi connectivity index (χ0v) is 39.6. The Kier molecular flexibility index (Phi) is 20.3. The van der Waals surface area contributed by atoms with E-state index < -0.39 is 83.9 Å². The number of ketones is 3. The Morgan fingerprint density at radius 1 is 0.859 bits per heavy atom. The molecule has 3 aliphatic heterocycles. The summed E-state index contributed by atoms with van der Waals surface area (Å²) in [7, 11) is 2.93. The number of rotatable bonds is 5. The van der Waals surface area contributed by atoms with Gasteiger partial charge in [-0.05, 0) is 107 Å². The molecular weight excluding hydrogens is 823 g/mol. The average Bonchev–Trinajstić information content (AvgIpc) is 3.26. The third-order valence-corrected chi connectivity index (χ3v) is 14.2. The molecule has 0 spiro atoms. The van der Waals surface area contributed by atoms with Crippen molar-refractivity contribution in [3.63, 3.8) is 0 Å². The van der Waals surface area contributed by atoms with E-state index >= 15 is 0 Å². The average molecular weight is 900 g/mol. The fourth-order valence-corrected chi connectivity index (χ4v) is 9.85. The lowest BCUT2D eigenvalue weighted by atomic mass is 9.78. The van der Waals surface area contributed by atoms with Crippen LogP contribution in [0.4, 0.5) is 0 Å². The van der Waals surface area contributed by atoms with Gasteiger partial charge in [-0.15, -0.1) is 0 Å². The Labute approximate surface area is 380 Å². The standard InChI is InChI=1S/C50H77NO13/c1-29-15-11-10-12-16-30(2)40(53)27-37-20-18-35(7)50(60,64-37)47(57)48(58)51-22-14-13-17-38(51)49(59)63-42(32(4)25-36-19-21-39(52)43(26-36)61-8)28-41(54)31(3)24-34(6)45(56)46(62-9)44(55)33(5)23-29/h10-12,15-16,24,29,31-33,35-40,42-43,45-46,52-53,56,60H,13-14,17-23,25-28H2,1-9H3/b12-10+,15-11+,30-16+,34-24+/t29-,31-,32-,33-,35-,36?,37+,38?,39-,40+,42+,43-,45+,46+,50-/m1/s1. The molecule has 15 atom stereocenters. The van der Waals surface area contributed by atoms with E-state index in [9.17, 15) is 44.4 Å². The summed E-state index contributed by atoms with van der Waals surface area (Å²) in [4.78, 5) is 71.4. The van der Waals surface area contributed by atoms with Gasteiger partial charge in [0.1, 0.15) is 30.1 Å². The van der Waals surface area contributed by atoms with Crippen molar-refractivity contribution in [3.8, 4) is 0 Å². The summed E-state index contributed by atoms with van der Waals surface area (Å²) in [6.45, 7) is 12.5. The lowest BCUT2D eigenvalue weighted by Crippen LogP contribution is -2.61. The molecule has 0 radical (unpaired) electrons. The van der Waals surface area contributed by atoms with Crippen molar-refractivity contribution in [2.75, 3.05) is 20.8 Å². The number of ether oxygens (including phenoxy) is 4. The zero-order chi connectivity index (χ0) is 47.5. The van der Waals surface area contributed by atoms with Crippen LogP contribution in [-0.2, 0) is 42.9 Å². The third-order valence-electron chi connectivity index (χ3n) is 14.2. The first kappa shape index (κ1) is 53.2. The number of allylic oxidation sites excluding steroid dienone is 6. The number of hydrogen-bond acceptors (Lipinski definition) is 13. The lowest BCUT2D eigenvalue weighted by Gasteiger charge is -2.42. The van der Waals surface area contributed by atoms with Crippen molar-refractivity contribution >= 4 is 29.2 Å². The highest BCUT2D eigenvalue weighted by molar-refractivity contribution is 6.39. The summed E-state index contributed by atoms with van der Waals surface area (Å²) in [5.41, 5.74) is 1.000. The number of carbonyl (C=O) groups is 5. The molecule has 2 unspecified atom stereocenters. The van der Waals surface area contributed by atoms with Gasteiger partial charge in [0.2, 0.25) is 5.79 Å². The maximum Gasteiger partial charge on any atom is 0.329 e.